The number of hydrogen-bond acceptors (Lipinski definition) is 3. The van der Waals surface area contributed by atoms with Crippen molar-refractivity contribution in [1.29, 1.82) is 0 Å². The number of rotatable bonds is 7. The van der Waals surface area contributed by atoms with Gasteiger partial charge in [0.2, 0.25) is 5.91 Å². The zero-order valence-corrected chi connectivity index (χ0v) is 15.7. The molecule has 1 aliphatic heterocycles. The molecular formula is C19H30BNO3. The van der Waals surface area contributed by atoms with Gasteiger partial charge < -0.3 is 14.2 Å². The Morgan fingerprint density at radius 2 is 1.58 bits per heavy atom. The van der Waals surface area contributed by atoms with Gasteiger partial charge in [-0.1, -0.05) is 31.0 Å². The number of para-hydroxylation sites is 1. The third-order valence-corrected chi connectivity index (χ3v) is 5.15. The molecule has 1 aliphatic rings. The molecule has 1 fully saturated rings. The van der Waals surface area contributed by atoms with E-state index in [1.807, 2.05) is 37.4 Å². The maximum atomic E-state index is 12.2. The molecule has 1 amide bonds. The first-order chi connectivity index (χ1) is 11.2. The summed E-state index contributed by atoms with van der Waals surface area (Å²) in [6.07, 6.45) is 4.39. The van der Waals surface area contributed by atoms with Gasteiger partial charge in [0.05, 0.1) is 11.2 Å². The molecule has 1 saturated heterocycles. The van der Waals surface area contributed by atoms with Gasteiger partial charge >= 0.3 is 7.12 Å². The van der Waals surface area contributed by atoms with Crippen LogP contribution in [0.4, 0.5) is 5.69 Å². The molecular weight excluding hydrogens is 301 g/mol. The highest BCUT2D eigenvalue weighted by atomic mass is 16.7. The topological polar surface area (TPSA) is 38.8 Å². The van der Waals surface area contributed by atoms with Crippen LogP contribution in [0.25, 0.3) is 0 Å². The molecule has 0 N–H and O–H groups in total. The summed E-state index contributed by atoms with van der Waals surface area (Å²) in [5.74, 6) is 0.164. The van der Waals surface area contributed by atoms with Crippen LogP contribution in [0.2, 0.25) is 6.32 Å². The van der Waals surface area contributed by atoms with Gasteiger partial charge in [-0.15, -0.1) is 0 Å². The number of nitrogens with zero attached hydrogens (tertiary/aromatic N) is 1. The molecule has 24 heavy (non-hydrogen) atoms. The van der Waals surface area contributed by atoms with E-state index in [0.717, 1.165) is 31.3 Å². The van der Waals surface area contributed by atoms with Crippen LogP contribution < -0.4 is 4.90 Å². The van der Waals surface area contributed by atoms with E-state index in [4.69, 9.17) is 9.31 Å². The maximum Gasteiger partial charge on any atom is 0.457 e. The molecule has 0 bridgehead atoms. The summed E-state index contributed by atoms with van der Waals surface area (Å²) in [5.41, 5.74) is 0.428. The number of anilines is 1. The minimum Gasteiger partial charge on any atom is -0.403 e. The molecule has 1 aromatic carbocycles. The standard InChI is InChI=1S/C19H30BNO3/c1-18(2)19(3,4)24-20(23-18)15-11-7-10-14-17(22)21(5)16-12-8-6-9-13-16/h6,8-9,12-13H,7,10-11,14-15H2,1-5H3. The molecule has 0 spiro atoms. The van der Waals surface area contributed by atoms with Crippen LogP contribution >= 0.6 is 0 Å². The molecule has 1 aromatic rings. The molecule has 0 unspecified atom stereocenters. The molecule has 0 aliphatic carbocycles. The minimum absolute atomic E-state index is 0.127. The summed E-state index contributed by atoms with van der Waals surface area (Å²) in [7, 11) is 1.71. The monoisotopic (exact) mass is 331 g/mol. The Morgan fingerprint density at radius 1 is 1.00 bits per heavy atom. The normalized spacial score (nSPS) is 18.6. The third kappa shape index (κ3) is 4.61. The smallest absolute Gasteiger partial charge is 0.403 e. The Labute approximate surface area is 146 Å². The van der Waals surface area contributed by atoms with Gasteiger partial charge in [-0.2, -0.15) is 0 Å². The fourth-order valence-corrected chi connectivity index (χ4v) is 2.81. The van der Waals surface area contributed by atoms with Crippen LogP contribution in [0.5, 0.6) is 0 Å². The summed E-state index contributed by atoms with van der Waals surface area (Å²) >= 11 is 0. The molecule has 132 valence electrons. The molecule has 1 heterocycles. The highest BCUT2D eigenvalue weighted by molar-refractivity contribution is 6.45. The first-order valence-corrected chi connectivity index (χ1v) is 8.90. The molecule has 2 rings (SSSR count). The second-order valence-corrected chi connectivity index (χ2v) is 7.57. The van der Waals surface area contributed by atoms with Crippen LogP contribution in [-0.2, 0) is 14.1 Å². The molecule has 0 radical (unpaired) electrons. The highest BCUT2D eigenvalue weighted by Crippen LogP contribution is 2.38. The van der Waals surface area contributed by atoms with E-state index in [1.165, 1.54) is 0 Å². The minimum atomic E-state index is -0.258. The average Bonchev–Trinajstić information content (AvgIpc) is 2.74. The van der Waals surface area contributed by atoms with E-state index < -0.39 is 0 Å². The zero-order chi connectivity index (χ0) is 17.8. The Bertz CT molecular complexity index is 529. The van der Waals surface area contributed by atoms with E-state index in [-0.39, 0.29) is 24.2 Å². The maximum absolute atomic E-state index is 12.2. The van der Waals surface area contributed by atoms with Gasteiger partial charge in [0.25, 0.3) is 0 Å². The molecule has 5 heteroatoms. The van der Waals surface area contributed by atoms with Crippen molar-refractivity contribution in [3.05, 3.63) is 30.3 Å². The van der Waals surface area contributed by atoms with Crippen molar-refractivity contribution in [2.75, 3.05) is 11.9 Å². The first-order valence-electron chi connectivity index (χ1n) is 8.90. The van der Waals surface area contributed by atoms with Gasteiger partial charge in [-0.25, -0.2) is 0 Å². The van der Waals surface area contributed by atoms with E-state index >= 15 is 0 Å². The Hall–Kier alpha value is -1.33. The summed E-state index contributed by atoms with van der Waals surface area (Å²) in [4.78, 5) is 13.9. The lowest BCUT2D eigenvalue weighted by molar-refractivity contribution is -0.118. The first kappa shape index (κ1) is 19.0. The van der Waals surface area contributed by atoms with Crippen LogP contribution in [0.15, 0.2) is 30.3 Å². The molecule has 0 atom stereocenters. The van der Waals surface area contributed by atoms with Crippen LogP contribution in [-0.4, -0.2) is 31.3 Å². The lowest BCUT2D eigenvalue weighted by Gasteiger charge is -2.32. The van der Waals surface area contributed by atoms with Crippen LogP contribution in [0, 0.1) is 0 Å². The number of carbonyl (C=O) groups excluding carboxylic acids is 1. The van der Waals surface area contributed by atoms with Crippen LogP contribution in [0.1, 0.15) is 53.4 Å². The van der Waals surface area contributed by atoms with Crippen molar-refractivity contribution in [2.24, 2.45) is 0 Å². The second kappa shape index (κ2) is 7.71. The average molecular weight is 331 g/mol. The van der Waals surface area contributed by atoms with Crippen molar-refractivity contribution in [2.45, 2.75) is 70.9 Å². The summed E-state index contributed by atoms with van der Waals surface area (Å²) < 4.78 is 12.0. The second-order valence-electron chi connectivity index (χ2n) is 7.57. The fourth-order valence-electron chi connectivity index (χ4n) is 2.81. The SMILES string of the molecule is CN(C(=O)CCCCCB1OC(C)(C)C(C)(C)O1)c1ccccc1. The largest absolute Gasteiger partial charge is 0.457 e. The Kier molecular flexibility index (Phi) is 6.10. The Balaban J connectivity index is 1.64. The van der Waals surface area contributed by atoms with Gasteiger partial charge in [0.15, 0.2) is 0 Å². The van der Waals surface area contributed by atoms with Gasteiger partial charge in [0.1, 0.15) is 0 Å². The number of carbonyl (C=O) groups is 1. The third-order valence-electron chi connectivity index (χ3n) is 5.15. The molecule has 4 nitrogen and oxygen atoms in total. The van der Waals surface area contributed by atoms with Crippen molar-refractivity contribution in [1.82, 2.24) is 0 Å². The summed E-state index contributed by atoms with van der Waals surface area (Å²) in [6.45, 7) is 8.30. The van der Waals surface area contributed by atoms with E-state index in [2.05, 4.69) is 27.7 Å². The van der Waals surface area contributed by atoms with Gasteiger partial charge in [-0.3, -0.25) is 4.79 Å². The predicted molar refractivity (Wildman–Crippen MR) is 99.2 cm³/mol. The fraction of sp³-hybridized carbons (Fsp3) is 0.632. The van der Waals surface area contributed by atoms with E-state index in [0.29, 0.717) is 6.42 Å². The Morgan fingerprint density at radius 3 is 2.17 bits per heavy atom. The number of unbranched alkanes of at least 4 members (excludes halogenated alkanes) is 2. The quantitative estimate of drug-likeness (QED) is 0.552. The predicted octanol–water partition coefficient (Wildman–Crippen LogP) is 4.30. The van der Waals surface area contributed by atoms with Crippen molar-refractivity contribution >= 4 is 18.7 Å². The molecule has 0 aromatic heterocycles. The lowest BCUT2D eigenvalue weighted by Crippen LogP contribution is -2.41. The van der Waals surface area contributed by atoms with E-state index in [9.17, 15) is 4.79 Å². The number of amides is 1. The summed E-state index contributed by atoms with van der Waals surface area (Å²) in [6, 6.07) is 9.76. The molecule has 0 saturated carbocycles. The number of benzene rings is 1. The van der Waals surface area contributed by atoms with Crippen molar-refractivity contribution < 1.29 is 14.1 Å². The van der Waals surface area contributed by atoms with Crippen LogP contribution in [0.3, 0.4) is 0 Å². The van der Waals surface area contributed by atoms with Crippen molar-refractivity contribution in [3.8, 4) is 0 Å². The zero-order valence-electron chi connectivity index (χ0n) is 15.7. The lowest BCUT2D eigenvalue weighted by atomic mass is 9.82. The van der Waals surface area contributed by atoms with Gasteiger partial charge in [0, 0.05) is 19.2 Å². The number of hydrogen-bond donors (Lipinski definition) is 0. The van der Waals surface area contributed by atoms with Crippen molar-refractivity contribution in [3.63, 3.8) is 0 Å². The van der Waals surface area contributed by atoms with Gasteiger partial charge in [-0.05, 0) is 52.6 Å². The van der Waals surface area contributed by atoms with E-state index in [1.54, 1.807) is 4.90 Å². The summed E-state index contributed by atoms with van der Waals surface area (Å²) in [5, 5.41) is 0. The highest BCUT2D eigenvalue weighted by Gasteiger charge is 2.50.